The highest BCUT2D eigenvalue weighted by atomic mass is 19.4. The number of benzene rings is 1. The van der Waals surface area contributed by atoms with Crippen LogP contribution in [0.4, 0.5) is 13.2 Å². The summed E-state index contributed by atoms with van der Waals surface area (Å²) in [5.41, 5.74) is 2.96. The number of hydrogen-bond donors (Lipinski definition) is 1. The molecule has 1 N–H and O–H groups in total. The SMILES string of the molecule is Cc1c(C2CCNCC2)cnn1-c1ccc(OC(F)(F)F)cc1. The highest BCUT2D eigenvalue weighted by Crippen LogP contribution is 2.29. The predicted molar refractivity (Wildman–Crippen MR) is 79.8 cm³/mol. The Bertz CT molecular complexity index is 658. The Morgan fingerprint density at radius 3 is 2.43 bits per heavy atom. The molecule has 2 heterocycles. The Kier molecular flexibility index (Phi) is 4.30. The molecule has 3 rings (SSSR count). The van der Waals surface area contributed by atoms with Gasteiger partial charge in [0.2, 0.25) is 0 Å². The van der Waals surface area contributed by atoms with Crippen molar-refractivity contribution in [1.82, 2.24) is 15.1 Å². The number of nitrogens with one attached hydrogen (secondary N) is 1. The lowest BCUT2D eigenvalue weighted by Gasteiger charge is -2.22. The van der Waals surface area contributed by atoms with Gasteiger partial charge < -0.3 is 10.1 Å². The number of nitrogens with zero attached hydrogens (tertiary/aromatic N) is 2. The Hall–Kier alpha value is -2.02. The molecule has 0 radical (unpaired) electrons. The van der Waals surface area contributed by atoms with Crippen molar-refractivity contribution in [2.45, 2.75) is 32.0 Å². The van der Waals surface area contributed by atoms with E-state index in [4.69, 9.17) is 0 Å². The van der Waals surface area contributed by atoms with Gasteiger partial charge in [0, 0.05) is 5.69 Å². The summed E-state index contributed by atoms with van der Waals surface area (Å²) in [7, 11) is 0. The molecule has 1 aromatic heterocycles. The predicted octanol–water partition coefficient (Wildman–Crippen LogP) is 3.55. The van der Waals surface area contributed by atoms with Crippen LogP contribution in [0.2, 0.25) is 0 Å². The molecule has 0 spiro atoms. The van der Waals surface area contributed by atoms with Crippen molar-refractivity contribution in [3.05, 3.63) is 41.7 Å². The minimum absolute atomic E-state index is 0.232. The molecule has 1 aromatic carbocycles. The summed E-state index contributed by atoms with van der Waals surface area (Å²) in [5.74, 6) is 0.252. The first-order valence-corrected chi connectivity index (χ1v) is 7.55. The standard InChI is InChI=1S/C16H18F3N3O/c1-11-15(12-6-8-20-9-7-12)10-21-22(11)13-2-4-14(5-3-13)23-16(17,18)19/h2-5,10,12,20H,6-9H2,1H3. The lowest BCUT2D eigenvalue weighted by Crippen LogP contribution is -2.26. The zero-order chi connectivity index (χ0) is 16.4. The quantitative estimate of drug-likeness (QED) is 0.938. The monoisotopic (exact) mass is 325 g/mol. The summed E-state index contributed by atoms with van der Waals surface area (Å²) in [6, 6.07) is 5.75. The molecule has 0 atom stereocenters. The van der Waals surface area contributed by atoms with Crippen LogP contribution in [0.5, 0.6) is 5.75 Å². The van der Waals surface area contributed by atoms with Gasteiger partial charge in [-0.15, -0.1) is 13.2 Å². The first-order chi connectivity index (χ1) is 10.9. The van der Waals surface area contributed by atoms with Gasteiger partial charge in [-0.1, -0.05) is 0 Å². The van der Waals surface area contributed by atoms with Gasteiger partial charge in [0.1, 0.15) is 5.75 Å². The van der Waals surface area contributed by atoms with E-state index in [0.717, 1.165) is 37.3 Å². The largest absolute Gasteiger partial charge is 0.573 e. The average molecular weight is 325 g/mol. The van der Waals surface area contributed by atoms with E-state index >= 15 is 0 Å². The number of alkyl halides is 3. The number of piperidine rings is 1. The fourth-order valence-electron chi connectivity index (χ4n) is 3.01. The summed E-state index contributed by atoms with van der Waals surface area (Å²) < 4.78 is 42.2. The number of rotatable bonds is 3. The zero-order valence-corrected chi connectivity index (χ0v) is 12.7. The van der Waals surface area contributed by atoms with Crippen LogP contribution in [0.1, 0.15) is 30.0 Å². The first-order valence-electron chi connectivity index (χ1n) is 7.55. The van der Waals surface area contributed by atoms with Crippen LogP contribution in [0.3, 0.4) is 0 Å². The second-order valence-electron chi connectivity index (χ2n) is 5.66. The van der Waals surface area contributed by atoms with E-state index in [2.05, 4.69) is 15.2 Å². The first kappa shape index (κ1) is 15.9. The van der Waals surface area contributed by atoms with Crippen LogP contribution >= 0.6 is 0 Å². The number of ether oxygens (including phenoxy) is 1. The van der Waals surface area contributed by atoms with Gasteiger partial charge >= 0.3 is 6.36 Å². The summed E-state index contributed by atoms with van der Waals surface area (Å²) >= 11 is 0. The topological polar surface area (TPSA) is 39.1 Å². The van der Waals surface area contributed by atoms with E-state index in [1.165, 1.54) is 17.7 Å². The molecule has 7 heteroatoms. The summed E-state index contributed by atoms with van der Waals surface area (Å²) in [6.45, 7) is 3.99. The highest BCUT2D eigenvalue weighted by molar-refractivity contribution is 5.39. The van der Waals surface area contributed by atoms with Crippen molar-refractivity contribution in [2.75, 3.05) is 13.1 Å². The molecule has 2 aromatic rings. The van der Waals surface area contributed by atoms with E-state index in [0.29, 0.717) is 5.92 Å². The maximum atomic E-state index is 12.2. The van der Waals surface area contributed by atoms with Crippen molar-refractivity contribution in [1.29, 1.82) is 0 Å². The molecular formula is C16H18F3N3O. The van der Waals surface area contributed by atoms with Crippen LogP contribution in [-0.4, -0.2) is 29.2 Å². The van der Waals surface area contributed by atoms with Gasteiger partial charge in [-0.05, 0) is 68.6 Å². The third-order valence-corrected chi connectivity index (χ3v) is 4.14. The normalized spacial score (nSPS) is 16.5. The Morgan fingerprint density at radius 1 is 1.17 bits per heavy atom. The lowest BCUT2D eigenvalue weighted by atomic mass is 9.91. The minimum Gasteiger partial charge on any atom is -0.406 e. The molecule has 124 valence electrons. The van der Waals surface area contributed by atoms with E-state index in [9.17, 15) is 13.2 Å². The third-order valence-electron chi connectivity index (χ3n) is 4.14. The van der Waals surface area contributed by atoms with Gasteiger partial charge in [-0.25, -0.2) is 4.68 Å². The second-order valence-corrected chi connectivity index (χ2v) is 5.66. The van der Waals surface area contributed by atoms with Crippen molar-refractivity contribution in [2.24, 2.45) is 0 Å². The van der Waals surface area contributed by atoms with E-state index < -0.39 is 6.36 Å². The average Bonchev–Trinajstić information content (AvgIpc) is 2.89. The van der Waals surface area contributed by atoms with Crippen LogP contribution in [0, 0.1) is 6.92 Å². The smallest absolute Gasteiger partial charge is 0.406 e. The van der Waals surface area contributed by atoms with Crippen LogP contribution in [0.15, 0.2) is 30.5 Å². The zero-order valence-electron chi connectivity index (χ0n) is 12.7. The molecular weight excluding hydrogens is 307 g/mol. The van der Waals surface area contributed by atoms with Gasteiger partial charge in [-0.2, -0.15) is 5.10 Å². The van der Waals surface area contributed by atoms with Crippen molar-refractivity contribution < 1.29 is 17.9 Å². The number of aromatic nitrogens is 2. The van der Waals surface area contributed by atoms with Crippen molar-refractivity contribution >= 4 is 0 Å². The van der Waals surface area contributed by atoms with Crippen LogP contribution in [0.25, 0.3) is 5.69 Å². The summed E-state index contributed by atoms with van der Waals surface area (Å²) in [5, 5.41) is 7.73. The molecule has 4 nitrogen and oxygen atoms in total. The van der Waals surface area contributed by atoms with Crippen LogP contribution in [-0.2, 0) is 0 Å². The summed E-state index contributed by atoms with van der Waals surface area (Å²) in [4.78, 5) is 0. The highest BCUT2D eigenvalue weighted by Gasteiger charge is 2.31. The Balaban J connectivity index is 1.80. The van der Waals surface area contributed by atoms with Crippen molar-refractivity contribution in [3.8, 4) is 11.4 Å². The Morgan fingerprint density at radius 2 is 1.83 bits per heavy atom. The maximum Gasteiger partial charge on any atom is 0.573 e. The molecule has 1 fully saturated rings. The molecule has 1 aliphatic heterocycles. The maximum absolute atomic E-state index is 12.2. The number of halogens is 3. The Labute approximate surface area is 132 Å². The molecule has 1 saturated heterocycles. The minimum atomic E-state index is -4.68. The molecule has 0 unspecified atom stereocenters. The van der Waals surface area contributed by atoms with Crippen LogP contribution < -0.4 is 10.1 Å². The molecule has 23 heavy (non-hydrogen) atoms. The van der Waals surface area contributed by atoms with Gasteiger partial charge in [0.15, 0.2) is 0 Å². The molecule has 0 bridgehead atoms. The van der Waals surface area contributed by atoms with Gasteiger partial charge in [-0.3, -0.25) is 0 Å². The molecule has 1 aliphatic rings. The van der Waals surface area contributed by atoms with Gasteiger partial charge in [0.25, 0.3) is 0 Å². The van der Waals surface area contributed by atoms with E-state index in [-0.39, 0.29) is 5.75 Å². The summed E-state index contributed by atoms with van der Waals surface area (Å²) in [6.07, 6.45) is -0.660. The second kappa shape index (κ2) is 6.23. The molecule has 0 amide bonds. The van der Waals surface area contributed by atoms with E-state index in [1.807, 2.05) is 13.1 Å². The van der Waals surface area contributed by atoms with Crippen molar-refractivity contribution in [3.63, 3.8) is 0 Å². The fourth-order valence-corrected chi connectivity index (χ4v) is 3.01. The molecule has 0 saturated carbocycles. The lowest BCUT2D eigenvalue weighted by molar-refractivity contribution is -0.274. The number of hydrogen-bond acceptors (Lipinski definition) is 3. The fraction of sp³-hybridized carbons (Fsp3) is 0.438. The van der Waals surface area contributed by atoms with Gasteiger partial charge in [0.05, 0.1) is 11.9 Å². The van der Waals surface area contributed by atoms with E-state index in [1.54, 1.807) is 16.8 Å². The molecule has 0 aliphatic carbocycles. The third kappa shape index (κ3) is 3.67.